The van der Waals surface area contributed by atoms with Crippen LogP contribution in [0.15, 0.2) is 89.0 Å². The van der Waals surface area contributed by atoms with Gasteiger partial charge in [0, 0.05) is 16.5 Å². The van der Waals surface area contributed by atoms with Gasteiger partial charge in [-0.2, -0.15) is 0 Å². The number of amides is 1. The Labute approximate surface area is 209 Å². The smallest absolute Gasteiger partial charge is 0.276 e. The Morgan fingerprint density at radius 2 is 1.74 bits per heavy atom. The molecule has 3 aromatic rings. The number of ether oxygens (including phenoxy) is 1. The minimum absolute atomic E-state index is 0.159. The van der Waals surface area contributed by atoms with E-state index in [9.17, 15) is 4.79 Å². The third kappa shape index (κ3) is 5.10. The fraction of sp³-hybridized carbons (Fsp3) is 0.250. The SMILES string of the molecule is CCCCCSC1=NN2C(=c3ccccc3=N[C@@H]2c2ccccc2OCc2ccccc2)C(=O)N1. The molecule has 1 N–H and O–H groups in total. The van der Waals surface area contributed by atoms with Crippen LogP contribution >= 0.6 is 11.8 Å². The van der Waals surface area contributed by atoms with Crippen LogP contribution in [0.25, 0.3) is 5.70 Å². The zero-order chi connectivity index (χ0) is 24.0. The van der Waals surface area contributed by atoms with E-state index in [-0.39, 0.29) is 5.91 Å². The molecule has 7 heteroatoms. The standard InChI is InChI=1S/C28H28N4O2S/c1-2-3-11-18-35-28-30-27(33)25-21-14-7-9-16-23(21)29-26(32(25)31-28)22-15-8-10-17-24(22)34-19-20-12-5-4-6-13-20/h4-10,12-17,26H,2-3,11,18-19H2,1H3,(H,30,31,33)/t26-/m0/s1. The van der Waals surface area contributed by atoms with Gasteiger partial charge in [0.25, 0.3) is 5.91 Å². The van der Waals surface area contributed by atoms with E-state index in [0.29, 0.717) is 17.5 Å². The maximum Gasteiger partial charge on any atom is 0.276 e. The Balaban J connectivity index is 1.52. The number of carbonyl (C=O) groups is 1. The monoisotopic (exact) mass is 484 g/mol. The van der Waals surface area contributed by atoms with Crippen molar-refractivity contribution in [2.24, 2.45) is 10.1 Å². The number of unbranched alkanes of at least 4 members (excludes halogenated alkanes) is 2. The predicted molar refractivity (Wildman–Crippen MR) is 140 cm³/mol. The number of hydrazone groups is 1. The number of nitrogens with one attached hydrogen (secondary N) is 1. The summed E-state index contributed by atoms with van der Waals surface area (Å²) in [7, 11) is 0. The summed E-state index contributed by atoms with van der Waals surface area (Å²) in [5.74, 6) is 1.47. The zero-order valence-corrected chi connectivity index (χ0v) is 20.5. The first-order valence-electron chi connectivity index (χ1n) is 12.0. The Morgan fingerprint density at radius 3 is 2.60 bits per heavy atom. The molecule has 0 radical (unpaired) electrons. The van der Waals surface area contributed by atoms with Gasteiger partial charge in [0.2, 0.25) is 0 Å². The lowest BCUT2D eigenvalue weighted by atomic mass is 10.1. The van der Waals surface area contributed by atoms with Crippen molar-refractivity contribution in [3.8, 4) is 5.75 Å². The molecule has 35 heavy (non-hydrogen) atoms. The molecular formula is C28H28N4O2S. The number of para-hydroxylation sites is 2. The van der Waals surface area contributed by atoms with E-state index in [1.54, 1.807) is 16.8 Å². The predicted octanol–water partition coefficient (Wildman–Crippen LogP) is 4.33. The molecule has 6 nitrogen and oxygen atoms in total. The van der Waals surface area contributed by atoms with Gasteiger partial charge in [-0.15, -0.1) is 5.10 Å². The summed E-state index contributed by atoms with van der Waals surface area (Å²) in [6.45, 7) is 2.63. The molecule has 1 amide bonds. The number of rotatable bonds is 8. The summed E-state index contributed by atoms with van der Waals surface area (Å²) in [4.78, 5) is 18.3. The van der Waals surface area contributed by atoms with E-state index in [4.69, 9.17) is 14.8 Å². The van der Waals surface area contributed by atoms with Gasteiger partial charge in [-0.1, -0.05) is 98.3 Å². The van der Waals surface area contributed by atoms with Crippen molar-refractivity contribution >= 4 is 28.5 Å². The molecule has 2 aliphatic heterocycles. The number of thioether (sulfide) groups is 1. The third-order valence-electron chi connectivity index (χ3n) is 5.94. The molecule has 0 spiro atoms. The largest absolute Gasteiger partial charge is 0.488 e. The van der Waals surface area contributed by atoms with Crippen LogP contribution in [0.5, 0.6) is 5.75 Å². The van der Waals surface area contributed by atoms with E-state index in [1.165, 1.54) is 0 Å². The van der Waals surface area contributed by atoms with E-state index in [0.717, 1.165) is 52.5 Å². The Kier molecular flexibility index (Phi) is 7.14. The van der Waals surface area contributed by atoms with Gasteiger partial charge in [0.1, 0.15) is 18.1 Å². The number of nitrogens with zero attached hydrogens (tertiary/aromatic N) is 3. The first-order valence-corrected chi connectivity index (χ1v) is 13.0. The van der Waals surface area contributed by atoms with Crippen LogP contribution in [0.4, 0.5) is 0 Å². The highest BCUT2D eigenvalue weighted by Crippen LogP contribution is 2.35. The molecule has 1 atom stereocenters. The van der Waals surface area contributed by atoms with Crippen LogP contribution < -0.4 is 20.6 Å². The topological polar surface area (TPSA) is 66.3 Å². The third-order valence-corrected chi connectivity index (χ3v) is 6.89. The van der Waals surface area contributed by atoms with E-state index in [2.05, 4.69) is 12.2 Å². The number of carbonyl (C=O) groups excluding carboxylic acids is 1. The van der Waals surface area contributed by atoms with E-state index < -0.39 is 6.17 Å². The number of amidine groups is 1. The van der Waals surface area contributed by atoms with Crippen molar-refractivity contribution < 1.29 is 9.53 Å². The Bertz CT molecular complexity index is 1360. The van der Waals surface area contributed by atoms with Gasteiger partial charge >= 0.3 is 0 Å². The van der Waals surface area contributed by atoms with Gasteiger partial charge in [-0.25, -0.2) is 5.01 Å². The fourth-order valence-electron chi connectivity index (χ4n) is 4.18. The molecule has 5 rings (SSSR count). The zero-order valence-electron chi connectivity index (χ0n) is 19.7. The summed E-state index contributed by atoms with van der Waals surface area (Å²) in [6.07, 6.45) is 2.89. The molecular weight excluding hydrogens is 456 g/mol. The van der Waals surface area contributed by atoms with Crippen molar-refractivity contribution in [2.75, 3.05) is 5.75 Å². The molecule has 0 saturated heterocycles. The van der Waals surface area contributed by atoms with Crippen LogP contribution in [-0.4, -0.2) is 21.8 Å². The molecule has 3 aromatic carbocycles. The molecule has 178 valence electrons. The summed E-state index contributed by atoms with van der Waals surface area (Å²) in [6, 6.07) is 25.6. The lowest BCUT2D eigenvalue weighted by Gasteiger charge is -2.34. The number of hydrogen-bond donors (Lipinski definition) is 1. The van der Waals surface area contributed by atoms with Crippen LogP contribution in [0.2, 0.25) is 0 Å². The number of fused-ring (bicyclic) bond motifs is 2. The van der Waals surface area contributed by atoms with Gasteiger partial charge < -0.3 is 4.74 Å². The molecule has 2 heterocycles. The molecule has 0 bridgehead atoms. The summed E-state index contributed by atoms with van der Waals surface area (Å²) in [5, 5.41) is 11.8. The normalized spacial score (nSPS) is 16.5. The highest BCUT2D eigenvalue weighted by atomic mass is 32.2. The average Bonchev–Trinajstić information content (AvgIpc) is 2.90. The second-order valence-corrected chi connectivity index (χ2v) is 9.52. The second kappa shape index (κ2) is 10.8. The minimum atomic E-state index is -0.510. The molecule has 0 unspecified atom stereocenters. The van der Waals surface area contributed by atoms with E-state index >= 15 is 0 Å². The quantitative estimate of drug-likeness (QED) is 0.484. The average molecular weight is 485 g/mol. The molecule has 2 aliphatic rings. The van der Waals surface area contributed by atoms with Crippen molar-refractivity contribution in [1.29, 1.82) is 0 Å². The first-order chi connectivity index (χ1) is 17.2. The second-order valence-electron chi connectivity index (χ2n) is 8.44. The van der Waals surface area contributed by atoms with E-state index in [1.807, 2.05) is 78.9 Å². The number of hydrogen-bond acceptors (Lipinski definition) is 6. The van der Waals surface area contributed by atoms with Gasteiger partial charge in [-0.3, -0.25) is 15.1 Å². The van der Waals surface area contributed by atoms with Crippen LogP contribution in [-0.2, 0) is 11.4 Å². The lowest BCUT2D eigenvalue weighted by Crippen LogP contribution is -2.50. The van der Waals surface area contributed by atoms with Crippen LogP contribution in [0, 0.1) is 0 Å². The molecule has 0 aromatic heterocycles. The van der Waals surface area contributed by atoms with Crippen LogP contribution in [0.1, 0.15) is 43.5 Å². The highest BCUT2D eigenvalue weighted by Gasteiger charge is 2.35. The van der Waals surface area contributed by atoms with Gasteiger partial charge in [0.05, 0.1) is 5.36 Å². The maximum absolute atomic E-state index is 13.3. The summed E-state index contributed by atoms with van der Waals surface area (Å²) < 4.78 is 6.24. The maximum atomic E-state index is 13.3. The summed E-state index contributed by atoms with van der Waals surface area (Å²) >= 11 is 1.58. The summed E-state index contributed by atoms with van der Waals surface area (Å²) in [5.41, 5.74) is 2.46. The fourth-order valence-corrected chi connectivity index (χ4v) is 5.03. The molecule has 0 aliphatic carbocycles. The lowest BCUT2D eigenvalue weighted by molar-refractivity contribution is -0.116. The van der Waals surface area contributed by atoms with Crippen molar-refractivity contribution in [3.63, 3.8) is 0 Å². The Morgan fingerprint density at radius 1 is 0.971 bits per heavy atom. The van der Waals surface area contributed by atoms with Crippen molar-refractivity contribution in [1.82, 2.24) is 10.3 Å². The van der Waals surface area contributed by atoms with Crippen molar-refractivity contribution in [3.05, 3.63) is 101 Å². The molecule has 0 saturated carbocycles. The first kappa shape index (κ1) is 23.2. The van der Waals surface area contributed by atoms with Gasteiger partial charge in [0.15, 0.2) is 11.3 Å². The van der Waals surface area contributed by atoms with Crippen LogP contribution in [0.3, 0.4) is 0 Å². The minimum Gasteiger partial charge on any atom is -0.488 e. The highest BCUT2D eigenvalue weighted by molar-refractivity contribution is 8.13. The molecule has 0 fully saturated rings. The Hall–Kier alpha value is -3.58. The van der Waals surface area contributed by atoms with Gasteiger partial charge in [-0.05, 0) is 24.1 Å². The number of benzene rings is 3. The van der Waals surface area contributed by atoms with Crippen molar-refractivity contribution in [2.45, 2.75) is 39.0 Å².